The van der Waals surface area contributed by atoms with E-state index in [-0.39, 0.29) is 24.2 Å². The summed E-state index contributed by atoms with van der Waals surface area (Å²) in [7, 11) is 0. The van der Waals surface area contributed by atoms with E-state index >= 15 is 0 Å². The first kappa shape index (κ1) is 17.2. The summed E-state index contributed by atoms with van der Waals surface area (Å²) in [5.41, 5.74) is 12.2. The maximum Gasteiger partial charge on any atom is 0.134 e. The topological polar surface area (TPSA) is 72.3 Å². The lowest BCUT2D eigenvalue weighted by molar-refractivity contribution is 0.452. The van der Waals surface area contributed by atoms with E-state index in [9.17, 15) is 5.11 Å². The highest BCUT2D eigenvalue weighted by atomic mass is 79.9. The van der Waals surface area contributed by atoms with Crippen molar-refractivity contribution >= 4 is 44.3 Å². The number of benzene rings is 1. The Bertz CT molecular complexity index is 364. The largest absolute Gasteiger partial charge is 0.506 e. The molecule has 0 saturated heterocycles. The zero-order valence-electron chi connectivity index (χ0n) is 9.33. The highest BCUT2D eigenvalue weighted by Crippen LogP contribution is 2.35. The van der Waals surface area contributed by atoms with Gasteiger partial charge in [-0.1, -0.05) is 22.4 Å². The molecule has 1 aromatic rings. The predicted molar refractivity (Wildman–Crippen MR) is 80.6 cm³/mol. The van der Waals surface area contributed by atoms with Gasteiger partial charge in [0.1, 0.15) is 5.75 Å². The number of phenols is 1. The number of hydrogen-bond donors (Lipinski definition) is 3. The van der Waals surface area contributed by atoms with Gasteiger partial charge in [-0.2, -0.15) is 0 Å². The quantitative estimate of drug-likeness (QED) is 0.677. The zero-order valence-corrected chi connectivity index (χ0v) is 13.3. The third-order valence-corrected chi connectivity index (χ3v) is 3.49. The van der Waals surface area contributed by atoms with Crippen molar-refractivity contribution in [2.45, 2.75) is 25.3 Å². The minimum atomic E-state index is -0.152. The van der Waals surface area contributed by atoms with Crippen molar-refractivity contribution in [1.82, 2.24) is 0 Å². The molecule has 5 N–H and O–H groups in total. The second-order valence-electron chi connectivity index (χ2n) is 3.72. The first-order valence-electron chi connectivity index (χ1n) is 5.19. The highest BCUT2D eigenvalue weighted by Gasteiger charge is 2.14. The lowest BCUT2D eigenvalue weighted by atomic mass is 10.0. The van der Waals surface area contributed by atoms with E-state index in [4.69, 9.17) is 11.5 Å². The molecule has 0 radical (unpaired) electrons. The molecule has 3 nitrogen and oxygen atoms in total. The van der Waals surface area contributed by atoms with Gasteiger partial charge in [-0.15, -0.1) is 12.4 Å². The highest BCUT2D eigenvalue weighted by molar-refractivity contribution is 9.11. The maximum absolute atomic E-state index is 9.88. The van der Waals surface area contributed by atoms with E-state index in [0.717, 1.165) is 29.3 Å². The van der Waals surface area contributed by atoms with E-state index in [2.05, 4.69) is 31.9 Å². The summed E-state index contributed by atoms with van der Waals surface area (Å²) in [6.45, 7) is 0.681. The van der Waals surface area contributed by atoms with Crippen LogP contribution in [0.4, 0.5) is 0 Å². The minimum Gasteiger partial charge on any atom is -0.506 e. The average molecular weight is 389 g/mol. The molecule has 98 valence electrons. The van der Waals surface area contributed by atoms with Crippen molar-refractivity contribution in [3.8, 4) is 5.75 Å². The van der Waals surface area contributed by atoms with Crippen LogP contribution in [0.1, 0.15) is 30.9 Å². The van der Waals surface area contributed by atoms with E-state index in [1.807, 2.05) is 6.07 Å². The van der Waals surface area contributed by atoms with Crippen LogP contribution in [0.5, 0.6) is 5.75 Å². The monoisotopic (exact) mass is 386 g/mol. The lowest BCUT2D eigenvalue weighted by Gasteiger charge is -2.15. The minimum absolute atomic E-state index is 0. The lowest BCUT2D eigenvalue weighted by Crippen LogP contribution is -2.11. The first-order chi connectivity index (χ1) is 7.56. The summed E-state index contributed by atoms with van der Waals surface area (Å²) >= 11 is 6.67. The summed E-state index contributed by atoms with van der Waals surface area (Å²) in [6.07, 6.45) is 2.76. The smallest absolute Gasteiger partial charge is 0.134 e. The van der Waals surface area contributed by atoms with Crippen LogP contribution < -0.4 is 11.5 Å². The third-order valence-electron chi connectivity index (χ3n) is 2.43. The molecule has 1 atom stereocenters. The van der Waals surface area contributed by atoms with Gasteiger partial charge in [-0.05, 0) is 47.4 Å². The van der Waals surface area contributed by atoms with Crippen molar-refractivity contribution in [2.24, 2.45) is 11.5 Å². The SMILES string of the molecule is Cl.NCCCC[C@H](N)c1cc(Br)cc(Br)c1O. The third kappa shape index (κ3) is 5.14. The Morgan fingerprint density at radius 1 is 1.24 bits per heavy atom. The molecular weight excluding hydrogens is 371 g/mol. The molecule has 0 aromatic heterocycles. The predicted octanol–water partition coefficient (Wildman–Crippen LogP) is 3.47. The van der Waals surface area contributed by atoms with Gasteiger partial charge in [0.15, 0.2) is 0 Å². The van der Waals surface area contributed by atoms with Crippen LogP contribution in [0.2, 0.25) is 0 Å². The first-order valence-corrected chi connectivity index (χ1v) is 6.78. The van der Waals surface area contributed by atoms with Crippen molar-refractivity contribution in [2.75, 3.05) is 6.54 Å². The van der Waals surface area contributed by atoms with E-state index in [1.54, 1.807) is 6.07 Å². The Hall–Kier alpha value is 0.190. The van der Waals surface area contributed by atoms with Crippen LogP contribution in [0.15, 0.2) is 21.1 Å². The van der Waals surface area contributed by atoms with Crippen LogP contribution in [0, 0.1) is 0 Å². The van der Waals surface area contributed by atoms with Crippen molar-refractivity contribution in [1.29, 1.82) is 0 Å². The van der Waals surface area contributed by atoms with E-state index in [1.165, 1.54) is 0 Å². The van der Waals surface area contributed by atoms with Gasteiger partial charge in [0.05, 0.1) is 4.47 Å². The van der Waals surface area contributed by atoms with Gasteiger partial charge in [0, 0.05) is 16.1 Å². The number of halogens is 3. The standard InChI is InChI=1S/C11H16Br2N2O.ClH/c12-7-5-8(11(16)9(13)6-7)10(15)3-1-2-4-14;/h5-6,10,16H,1-4,14-15H2;1H/t10-;/m0./s1. The van der Waals surface area contributed by atoms with Crippen LogP contribution in [-0.2, 0) is 0 Å². The summed E-state index contributed by atoms with van der Waals surface area (Å²) in [6, 6.07) is 3.50. The number of unbranched alkanes of at least 4 members (excludes halogenated alkanes) is 1. The van der Waals surface area contributed by atoms with Gasteiger partial charge in [-0.25, -0.2) is 0 Å². The van der Waals surface area contributed by atoms with Gasteiger partial charge >= 0.3 is 0 Å². The number of phenolic OH excluding ortho intramolecular Hbond substituents is 1. The second kappa shape index (κ2) is 8.32. The van der Waals surface area contributed by atoms with E-state index < -0.39 is 0 Å². The molecular formula is C11H17Br2ClN2O. The molecule has 0 heterocycles. The molecule has 0 amide bonds. The molecule has 0 unspecified atom stereocenters. The Labute approximate surface area is 125 Å². The Morgan fingerprint density at radius 2 is 1.88 bits per heavy atom. The molecule has 0 aliphatic heterocycles. The molecule has 17 heavy (non-hydrogen) atoms. The molecule has 0 saturated carbocycles. The zero-order chi connectivity index (χ0) is 12.1. The Kier molecular flexibility index (Phi) is 8.41. The molecule has 0 bridgehead atoms. The van der Waals surface area contributed by atoms with Gasteiger partial charge < -0.3 is 16.6 Å². The number of rotatable bonds is 5. The fraction of sp³-hybridized carbons (Fsp3) is 0.455. The van der Waals surface area contributed by atoms with E-state index in [0.29, 0.717) is 11.0 Å². The van der Waals surface area contributed by atoms with Crippen LogP contribution in [0.25, 0.3) is 0 Å². The van der Waals surface area contributed by atoms with Gasteiger partial charge in [0.2, 0.25) is 0 Å². The maximum atomic E-state index is 9.88. The molecule has 0 fully saturated rings. The summed E-state index contributed by atoms with van der Waals surface area (Å²) in [5.74, 6) is 0.225. The van der Waals surface area contributed by atoms with Crippen LogP contribution >= 0.6 is 44.3 Å². The number of nitrogens with two attached hydrogens (primary N) is 2. The molecule has 0 spiro atoms. The van der Waals surface area contributed by atoms with Crippen molar-refractivity contribution < 1.29 is 5.11 Å². The summed E-state index contributed by atoms with van der Waals surface area (Å²) in [5, 5.41) is 9.88. The molecule has 0 aliphatic carbocycles. The molecule has 6 heteroatoms. The van der Waals surface area contributed by atoms with Crippen LogP contribution in [-0.4, -0.2) is 11.7 Å². The van der Waals surface area contributed by atoms with Crippen molar-refractivity contribution in [3.63, 3.8) is 0 Å². The van der Waals surface area contributed by atoms with Crippen LogP contribution in [0.3, 0.4) is 0 Å². The normalized spacial score (nSPS) is 12.0. The fourth-order valence-electron chi connectivity index (χ4n) is 1.53. The number of hydrogen-bond acceptors (Lipinski definition) is 3. The number of aromatic hydroxyl groups is 1. The fourth-order valence-corrected chi connectivity index (χ4v) is 2.79. The molecule has 1 rings (SSSR count). The Balaban J connectivity index is 0.00000256. The summed E-state index contributed by atoms with van der Waals surface area (Å²) < 4.78 is 1.56. The molecule has 0 aliphatic rings. The molecule has 1 aromatic carbocycles. The second-order valence-corrected chi connectivity index (χ2v) is 5.49. The summed E-state index contributed by atoms with van der Waals surface area (Å²) in [4.78, 5) is 0. The van der Waals surface area contributed by atoms with Gasteiger partial charge in [0.25, 0.3) is 0 Å². The Morgan fingerprint density at radius 3 is 2.47 bits per heavy atom. The average Bonchev–Trinajstić information content (AvgIpc) is 2.23. The van der Waals surface area contributed by atoms with Crippen molar-refractivity contribution in [3.05, 3.63) is 26.6 Å². The van der Waals surface area contributed by atoms with Gasteiger partial charge in [-0.3, -0.25) is 0 Å².